The third-order valence-electron chi connectivity index (χ3n) is 5.31. The van der Waals surface area contributed by atoms with Crippen molar-refractivity contribution in [1.29, 1.82) is 0 Å². The quantitative estimate of drug-likeness (QED) is 0.557. The first-order valence-electron chi connectivity index (χ1n) is 10.1. The summed E-state index contributed by atoms with van der Waals surface area (Å²) in [5.41, 5.74) is 6.10. The topological polar surface area (TPSA) is 103 Å². The molecule has 0 bridgehead atoms. The number of nitrogens with zero attached hydrogens (tertiary/aromatic N) is 3. The molecule has 10 heteroatoms. The summed E-state index contributed by atoms with van der Waals surface area (Å²) in [4.78, 5) is 21.7. The van der Waals surface area contributed by atoms with Crippen LogP contribution in [-0.2, 0) is 4.79 Å². The van der Waals surface area contributed by atoms with Crippen molar-refractivity contribution in [1.82, 2.24) is 14.9 Å². The van der Waals surface area contributed by atoms with Gasteiger partial charge in [-0.05, 0) is 37.1 Å². The maximum Gasteiger partial charge on any atom is 0.231 e. The van der Waals surface area contributed by atoms with Gasteiger partial charge in [-0.25, -0.2) is 14.4 Å². The number of carbonyl (C=O) groups is 1. The number of hydrogen-bond donors (Lipinski definition) is 2. The average Bonchev–Trinajstić information content (AvgIpc) is 2.77. The van der Waals surface area contributed by atoms with Crippen LogP contribution in [0.4, 0.5) is 15.9 Å². The van der Waals surface area contributed by atoms with Gasteiger partial charge < -0.3 is 20.5 Å². The molecule has 3 aromatic rings. The fourth-order valence-electron chi connectivity index (χ4n) is 3.72. The number of primary amides is 1. The number of nitrogens with two attached hydrogens (primary N) is 1. The van der Waals surface area contributed by atoms with Gasteiger partial charge in [0.05, 0.1) is 24.9 Å². The largest absolute Gasteiger partial charge is 0.493 e. The van der Waals surface area contributed by atoms with Gasteiger partial charge in [0.1, 0.15) is 24.1 Å². The summed E-state index contributed by atoms with van der Waals surface area (Å²) in [6.07, 6.45) is 2.84. The number of halogens is 2. The highest BCUT2D eigenvalue weighted by Gasteiger charge is 2.23. The predicted octanol–water partition coefficient (Wildman–Crippen LogP) is 3.50. The van der Waals surface area contributed by atoms with Crippen LogP contribution in [0, 0.1) is 5.82 Å². The molecular formula is C22H23ClFN5O3. The lowest BCUT2D eigenvalue weighted by Gasteiger charge is -2.31. The lowest BCUT2D eigenvalue weighted by Crippen LogP contribution is -2.42. The highest BCUT2D eigenvalue weighted by atomic mass is 35.5. The van der Waals surface area contributed by atoms with E-state index in [2.05, 4.69) is 15.3 Å². The van der Waals surface area contributed by atoms with Gasteiger partial charge >= 0.3 is 0 Å². The fraction of sp³-hybridized carbons (Fsp3) is 0.318. The molecule has 0 aliphatic carbocycles. The molecule has 0 spiro atoms. The SMILES string of the molecule is COc1cc2ncnc(Nc3cc(Cl)ccc3F)c2cc1OC1CCN(CC(N)=O)CC1. The Kier molecular flexibility index (Phi) is 6.57. The molecule has 1 saturated heterocycles. The molecule has 0 atom stereocenters. The maximum atomic E-state index is 14.2. The van der Waals surface area contributed by atoms with Crippen LogP contribution in [0.1, 0.15) is 12.8 Å². The van der Waals surface area contributed by atoms with Crippen LogP contribution in [0.3, 0.4) is 0 Å². The Morgan fingerprint density at radius 2 is 2.03 bits per heavy atom. The molecule has 2 heterocycles. The van der Waals surface area contributed by atoms with Crippen LogP contribution in [0.25, 0.3) is 10.9 Å². The summed E-state index contributed by atoms with van der Waals surface area (Å²) in [5, 5.41) is 4.04. The van der Waals surface area contributed by atoms with Crippen molar-refractivity contribution in [2.45, 2.75) is 18.9 Å². The number of ether oxygens (including phenoxy) is 2. The number of likely N-dealkylation sites (tertiary alicyclic amines) is 1. The van der Waals surface area contributed by atoms with Crippen molar-refractivity contribution < 1.29 is 18.7 Å². The first-order chi connectivity index (χ1) is 15.4. The van der Waals surface area contributed by atoms with E-state index in [1.807, 2.05) is 4.90 Å². The molecule has 4 rings (SSSR count). The Labute approximate surface area is 189 Å². The number of carbonyl (C=O) groups excluding carboxylic acids is 1. The lowest BCUT2D eigenvalue weighted by molar-refractivity contribution is -0.119. The molecule has 1 fully saturated rings. The number of nitrogens with one attached hydrogen (secondary N) is 1. The van der Waals surface area contributed by atoms with Crippen molar-refractivity contribution in [2.75, 3.05) is 32.1 Å². The van der Waals surface area contributed by atoms with Gasteiger partial charge in [-0.1, -0.05) is 11.6 Å². The van der Waals surface area contributed by atoms with Crippen molar-refractivity contribution in [2.24, 2.45) is 5.73 Å². The van der Waals surface area contributed by atoms with Crippen molar-refractivity contribution >= 4 is 39.9 Å². The zero-order chi connectivity index (χ0) is 22.7. The monoisotopic (exact) mass is 459 g/mol. The second kappa shape index (κ2) is 9.54. The number of aromatic nitrogens is 2. The zero-order valence-corrected chi connectivity index (χ0v) is 18.2. The molecule has 1 aliphatic heterocycles. The minimum atomic E-state index is -0.450. The normalized spacial score (nSPS) is 15.0. The Bertz CT molecular complexity index is 1140. The van der Waals surface area contributed by atoms with Gasteiger partial charge in [-0.3, -0.25) is 9.69 Å². The van der Waals surface area contributed by atoms with Crippen LogP contribution < -0.4 is 20.5 Å². The molecule has 1 aliphatic rings. The summed E-state index contributed by atoms with van der Waals surface area (Å²) < 4.78 is 26.0. The van der Waals surface area contributed by atoms with Gasteiger partial charge in [0.15, 0.2) is 11.5 Å². The Hall–Kier alpha value is -3.17. The van der Waals surface area contributed by atoms with Gasteiger partial charge in [-0.15, -0.1) is 0 Å². The number of piperidine rings is 1. The first-order valence-corrected chi connectivity index (χ1v) is 10.5. The zero-order valence-electron chi connectivity index (χ0n) is 17.5. The van der Waals surface area contributed by atoms with E-state index >= 15 is 0 Å². The number of amides is 1. The molecule has 8 nitrogen and oxygen atoms in total. The van der Waals surface area contributed by atoms with Crippen LogP contribution in [-0.4, -0.2) is 53.6 Å². The lowest BCUT2D eigenvalue weighted by atomic mass is 10.1. The van der Waals surface area contributed by atoms with Crippen molar-refractivity contribution in [3.8, 4) is 11.5 Å². The van der Waals surface area contributed by atoms with Gasteiger partial charge in [0, 0.05) is 29.6 Å². The Morgan fingerprint density at radius 3 is 2.75 bits per heavy atom. The summed E-state index contributed by atoms with van der Waals surface area (Å²) in [6.45, 7) is 1.68. The Balaban J connectivity index is 1.60. The highest BCUT2D eigenvalue weighted by Crippen LogP contribution is 2.36. The molecule has 0 unspecified atom stereocenters. The standard InChI is InChI=1S/C22H23ClFN5O3/c1-31-19-10-17-15(9-20(19)32-14-4-6-29(7-5-14)11-21(25)30)22(27-12-26-17)28-18-8-13(23)2-3-16(18)24/h2-3,8-10,12,14H,4-7,11H2,1H3,(H2,25,30)(H,26,27,28). The molecular weight excluding hydrogens is 437 g/mol. The van der Waals surface area contributed by atoms with Gasteiger partial charge in [0.2, 0.25) is 5.91 Å². The predicted molar refractivity (Wildman–Crippen MR) is 120 cm³/mol. The summed E-state index contributed by atoms with van der Waals surface area (Å²) in [7, 11) is 1.56. The number of fused-ring (bicyclic) bond motifs is 1. The van der Waals surface area contributed by atoms with E-state index in [1.165, 1.54) is 24.5 Å². The first kappa shape index (κ1) is 22.0. The highest BCUT2D eigenvalue weighted by molar-refractivity contribution is 6.30. The van der Waals surface area contributed by atoms with E-state index in [0.29, 0.717) is 46.3 Å². The fourth-order valence-corrected chi connectivity index (χ4v) is 3.89. The van der Waals surface area contributed by atoms with E-state index in [0.717, 1.165) is 12.8 Å². The molecule has 0 radical (unpaired) electrons. The summed E-state index contributed by atoms with van der Waals surface area (Å²) in [6, 6.07) is 7.80. The second-order valence-electron chi connectivity index (χ2n) is 7.55. The third-order valence-corrected chi connectivity index (χ3v) is 5.54. The van der Waals surface area contributed by atoms with Crippen molar-refractivity contribution in [3.05, 3.63) is 47.5 Å². The minimum absolute atomic E-state index is 0.0445. The average molecular weight is 460 g/mol. The number of anilines is 2. The number of methoxy groups -OCH3 is 1. The number of hydrogen-bond acceptors (Lipinski definition) is 7. The van der Waals surface area contributed by atoms with Crippen LogP contribution in [0.5, 0.6) is 11.5 Å². The van der Waals surface area contributed by atoms with Crippen LogP contribution in [0.15, 0.2) is 36.7 Å². The molecule has 1 aromatic heterocycles. The van der Waals surface area contributed by atoms with E-state index in [9.17, 15) is 9.18 Å². The summed E-state index contributed by atoms with van der Waals surface area (Å²) >= 11 is 6.01. The number of rotatable bonds is 7. The second-order valence-corrected chi connectivity index (χ2v) is 7.99. The number of benzene rings is 2. The van der Waals surface area contributed by atoms with E-state index in [1.54, 1.807) is 19.2 Å². The third kappa shape index (κ3) is 5.00. The smallest absolute Gasteiger partial charge is 0.231 e. The van der Waals surface area contributed by atoms with Crippen LogP contribution in [0.2, 0.25) is 5.02 Å². The van der Waals surface area contributed by atoms with E-state index in [4.69, 9.17) is 26.8 Å². The van der Waals surface area contributed by atoms with Crippen LogP contribution >= 0.6 is 11.6 Å². The van der Waals surface area contributed by atoms with Gasteiger partial charge in [0.25, 0.3) is 0 Å². The van der Waals surface area contributed by atoms with E-state index in [-0.39, 0.29) is 24.2 Å². The molecule has 3 N–H and O–H groups in total. The molecule has 32 heavy (non-hydrogen) atoms. The summed E-state index contributed by atoms with van der Waals surface area (Å²) in [5.74, 6) is 0.707. The molecule has 1 amide bonds. The van der Waals surface area contributed by atoms with Crippen molar-refractivity contribution in [3.63, 3.8) is 0 Å². The van der Waals surface area contributed by atoms with Gasteiger partial charge in [-0.2, -0.15) is 0 Å². The minimum Gasteiger partial charge on any atom is -0.493 e. The maximum absolute atomic E-state index is 14.2. The Morgan fingerprint density at radius 1 is 1.25 bits per heavy atom. The molecule has 2 aromatic carbocycles. The molecule has 168 valence electrons. The van der Waals surface area contributed by atoms with E-state index < -0.39 is 5.82 Å². The molecule has 0 saturated carbocycles.